The van der Waals surface area contributed by atoms with Gasteiger partial charge < -0.3 is 53.7 Å². The molecule has 3 saturated heterocycles. The van der Waals surface area contributed by atoms with Crippen molar-refractivity contribution in [2.45, 2.75) is 173 Å². The van der Waals surface area contributed by atoms with E-state index < -0.39 is 96.2 Å². The number of aliphatic hydroxyl groups is 4. The van der Waals surface area contributed by atoms with E-state index in [0.29, 0.717) is 12.8 Å². The molecule has 3 heterocycles. The zero-order valence-electron chi connectivity index (χ0n) is 31.7. The standard InChI is InChI=1S/C36H65NO12/c1-13-25-20(4)30(40)22(6)29(39)18(2)16-35(8,43)33(49-34-31(41)24(37(10)11)14-19(3)45-34)21(5)26(15-27(38)47-25)48-28-17-36(9,44-12)32(42)23(7)46-28/h18-26,28,30-34,40-43H,13-17H2,1-12H3/t18-,19+,20+,21+,22-,23-,24+,25+,26-,28+,30-,31+,32-,33+,34+,35-,36-/m1/s1. The molecule has 0 radical (unpaired) electrons. The van der Waals surface area contributed by atoms with E-state index in [9.17, 15) is 30.0 Å². The number of ketones is 1. The van der Waals surface area contributed by atoms with Crippen LogP contribution >= 0.6 is 0 Å². The molecule has 0 saturated carbocycles. The molecule has 49 heavy (non-hydrogen) atoms. The molecule has 3 aliphatic heterocycles. The van der Waals surface area contributed by atoms with E-state index in [0.717, 1.165) is 0 Å². The molecule has 0 spiro atoms. The molecule has 0 aliphatic carbocycles. The van der Waals surface area contributed by atoms with Gasteiger partial charge in [-0.15, -0.1) is 0 Å². The molecule has 13 nitrogen and oxygen atoms in total. The predicted octanol–water partition coefficient (Wildman–Crippen LogP) is 2.42. The third kappa shape index (κ3) is 9.79. The number of hydrogen-bond donors (Lipinski definition) is 4. The van der Waals surface area contributed by atoms with Gasteiger partial charge in [0.2, 0.25) is 0 Å². The van der Waals surface area contributed by atoms with Crippen LogP contribution in [0.2, 0.25) is 0 Å². The summed E-state index contributed by atoms with van der Waals surface area (Å²) in [6, 6.07) is -0.291. The molecule has 0 bridgehead atoms. The Bertz CT molecular complexity index is 1090. The van der Waals surface area contributed by atoms with Crippen LogP contribution in [0.5, 0.6) is 0 Å². The zero-order valence-corrected chi connectivity index (χ0v) is 31.7. The molecule has 0 aromatic carbocycles. The van der Waals surface area contributed by atoms with E-state index in [2.05, 4.69) is 0 Å². The summed E-state index contributed by atoms with van der Waals surface area (Å²) in [6.45, 7) is 15.7. The highest BCUT2D eigenvalue weighted by atomic mass is 16.7. The van der Waals surface area contributed by atoms with Crippen molar-refractivity contribution in [3.8, 4) is 0 Å². The van der Waals surface area contributed by atoms with Crippen molar-refractivity contribution in [3.63, 3.8) is 0 Å². The summed E-state index contributed by atoms with van der Waals surface area (Å²) in [5.41, 5.74) is -2.71. The van der Waals surface area contributed by atoms with Crippen LogP contribution in [0, 0.1) is 23.7 Å². The molecular formula is C36H65NO12. The Labute approximate surface area is 292 Å². The summed E-state index contributed by atoms with van der Waals surface area (Å²) in [4.78, 5) is 29.3. The van der Waals surface area contributed by atoms with Gasteiger partial charge in [-0.25, -0.2) is 0 Å². The molecule has 13 heteroatoms. The van der Waals surface area contributed by atoms with Crippen LogP contribution in [0.3, 0.4) is 0 Å². The first-order valence-electron chi connectivity index (χ1n) is 18.0. The number of esters is 1. The second kappa shape index (κ2) is 17.0. The SMILES string of the molecule is CC[C@@H]1OC(=O)C[C@@H](O[C@H]2C[C@@](C)(OC)[C@H](O)[C@@H](C)O2)[C@H](C)[C@H](O[C@@H]2O[C@@H](C)C[C@H](N(C)C)[C@@H]2O)[C@](C)(O)C[C@@H](C)C(=O)[C@@H](C)[C@H](O)[C@H]1C. The van der Waals surface area contributed by atoms with E-state index in [1.807, 2.05) is 32.8 Å². The molecule has 17 atom stereocenters. The van der Waals surface area contributed by atoms with Gasteiger partial charge in [-0.3, -0.25) is 9.59 Å². The Kier molecular flexibility index (Phi) is 14.7. The largest absolute Gasteiger partial charge is 0.462 e. The third-order valence-electron chi connectivity index (χ3n) is 11.4. The van der Waals surface area contributed by atoms with Crippen molar-refractivity contribution < 1.29 is 58.4 Å². The number of carbonyl (C=O) groups excluding carboxylic acids is 2. The van der Waals surface area contributed by atoms with Crippen LogP contribution in [0.1, 0.15) is 94.4 Å². The van der Waals surface area contributed by atoms with Crippen molar-refractivity contribution in [2.75, 3.05) is 21.2 Å². The van der Waals surface area contributed by atoms with Crippen molar-refractivity contribution in [2.24, 2.45) is 23.7 Å². The zero-order chi connectivity index (χ0) is 37.2. The summed E-state index contributed by atoms with van der Waals surface area (Å²) in [7, 11) is 5.23. The first kappa shape index (κ1) is 42.2. The van der Waals surface area contributed by atoms with E-state index in [1.165, 1.54) is 7.11 Å². The predicted molar refractivity (Wildman–Crippen MR) is 180 cm³/mol. The number of nitrogens with zero attached hydrogens (tertiary/aromatic N) is 1. The van der Waals surface area contributed by atoms with Crippen molar-refractivity contribution in [1.29, 1.82) is 0 Å². The lowest BCUT2D eigenvalue weighted by Gasteiger charge is -2.48. The number of methoxy groups -OCH3 is 1. The second-order valence-electron chi connectivity index (χ2n) is 15.7. The monoisotopic (exact) mass is 703 g/mol. The number of carbonyl (C=O) groups is 2. The Morgan fingerprint density at radius 2 is 1.55 bits per heavy atom. The minimum absolute atomic E-state index is 0.0406. The van der Waals surface area contributed by atoms with Crippen molar-refractivity contribution in [1.82, 2.24) is 4.90 Å². The average molecular weight is 704 g/mol. The first-order chi connectivity index (χ1) is 22.7. The van der Waals surface area contributed by atoms with Gasteiger partial charge in [0.05, 0.1) is 48.1 Å². The van der Waals surface area contributed by atoms with Crippen LogP contribution in [0.25, 0.3) is 0 Å². The summed E-state index contributed by atoms with van der Waals surface area (Å²) in [6.07, 6.45) is -8.02. The van der Waals surface area contributed by atoms with E-state index in [1.54, 1.807) is 48.5 Å². The molecular weight excluding hydrogens is 638 g/mol. The maximum absolute atomic E-state index is 13.7. The van der Waals surface area contributed by atoms with E-state index in [4.69, 9.17) is 28.4 Å². The lowest BCUT2D eigenvalue weighted by Crippen LogP contribution is -2.60. The molecule has 0 unspecified atom stereocenters. The number of ether oxygens (including phenoxy) is 6. The van der Waals surface area contributed by atoms with Crippen LogP contribution < -0.4 is 0 Å². The Morgan fingerprint density at radius 3 is 2.12 bits per heavy atom. The fourth-order valence-electron chi connectivity index (χ4n) is 8.05. The highest BCUT2D eigenvalue weighted by molar-refractivity contribution is 5.83. The van der Waals surface area contributed by atoms with Crippen LogP contribution in [-0.2, 0) is 38.0 Å². The van der Waals surface area contributed by atoms with Crippen LogP contribution in [0.15, 0.2) is 0 Å². The quantitative estimate of drug-likeness (QED) is 0.285. The minimum Gasteiger partial charge on any atom is -0.462 e. The summed E-state index contributed by atoms with van der Waals surface area (Å²) in [5.74, 6) is -3.61. The lowest BCUT2D eigenvalue weighted by molar-refractivity contribution is -0.314. The Morgan fingerprint density at radius 1 is 0.918 bits per heavy atom. The number of hydrogen-bond acceptors (Lipinski definition) is 13. The van der Waals surface area contributed by atoms with Gasteiger partial charge in [-0.2, -0.15) is 0 Å². The summed E-state index contributed by atoms with van der Waals surface area (Å²) >= 11 is 0. The first-order valence-corrected chi connectivity index (χ1v) is 18.0. The van der Waals surface area contributed by atoms with Crippen LogP contribution in [0.4, 0.5) is 0 Å². The van der Waals surface area contributed by atoms with Gasteiger partial charge in [0, 0.05) is 43.2 Å². The number of likely N-dealkylation sites (N-methyl/N-ethyl adjacent to an activating group) is 1. The number of cyclic esters (lactones) is 1. The number of Topliss-reactive ketones (excluding diaryl/α,β-unsaturated/α-hetero) is 1. The molecule has 0 aromatic heterocycles. The summed E-state index contributed by atoms with van der Waals surface area (Å²) in [5, 5.41) is 45.8. The molecule has 3 rings (SSSR count). The normalized spacial score (nSPS) is 48.2. The second-order valence-corrected chi connectivity index (χ2v) is 15.7. The Hall–Kier alpha value is -1.26. The van der Waals surface area contributed by atoms with E-state index in [-0.39, 0.29) is 37.2 Å². The highest BCUT2D eigenvalue weighted by Gasteiger charge is 2.51. The van der Waals surface area contributed by atoms with Gasteiger partial charge in [-0.1, -0.05) is 34.6 Å². The smallest absolute Gasteiger partial charge is 0.308 e. The lowest BCUT2D eigenvalue weighted by atomic mass is 9.75. The maximum Gasteiger partial charge on any atom is 0.308 e. The summed E-state index contributed by atoms with van der Waals surface area (Å²) < 4.78 is 36.9. The van der Waals surface area contributed by atoms with Crippen LogP contribution in [-0.4, -0.2) is 137 Å². The average Bonchev–Trinajstić information content (AvgIpc) is 3.03. The van der Waals surface area contributed by atoms with Gasteiger partial charge in [-0.05, 0) is 61.1 Å². The highest BCUT2D eigenvalue weighted by Crippen LogP contribution is 2.39. The fourth-order valence-corrected chi connectivity index (χ4v) is 8.05. The molecule has 4 N–H and O–H groups in total. The molecule has 0 aromatic rings. The van der Waals surface area contributed by atoms with Gasteiger partial charge in [0.15, 0.2) is 12.6 Å². The van der Waals surface area contributed by atoms with Gasteiger partial charge in [0.25, 0.3) is 0 Å². The number of aliphatic hydroxyl groups excluding tert-OH is 3. The molecule has 3 aliphatic rings. The molecule has 286 valence electrons. The number of rotatable bonds is 7. The van der Waals surface area contributed by atoms with E-state index >= 15 is 0 Å². The topological polar surface area (TPSA) is 174 Å². The maximum atomic E-state index is 13.7. The fraction of sp³-hybridized carbons (Fsp3) is 0.944. The van der Waals surface area contributed by atoms with Crippen molar-refractivity contribution >= 4 is 11.8 Å². The van der Waals surface area contributed by atoms with Gasteiger partial charge in [0.1, 0.15) is 24.1 Å². The Balaban J connectivity index is 2.10. The third-order valence-corrected chi connectivity index (χ3v) is 11.4. The van der Waals surface area contributed by atoms with Crippen molar-refractivity contribution in [3.05, 3.63) is 0 Å². The minimum atomic E-state index is -1.71. The van der Waals surface area contributed by atoms with Gasteiger partial charge >= 0.3 is 5.97 Å². The molecule has 0 amide bonds. The molecule has 3 fully saturated rings.